The molecule has 0 unspecified atom stereocenters. The molecule has 5 aromatic carbocycles. The third-order valence-electron chi connectivity index (χ3n) is 7.80. The van der Waals surface area contributed by atoms with E-state index in [1.165, 1.54) is 6.07 Å². The molecule has 0 atom stereocenters. The molecular formula is C35H34LiN4O6S2-. The van der Waals surface area contributed by atoms with E-state index in [-0.39, 0.29) is 24.4 Å². The molecule has 0 aromatic heterocycles. The molecule has 0 saturated heterocycles. The van der Waals surface area contributed by atoms with E-state index >= 15 is 0 Å². The predicted molar refractivity (Wildman–Crippen MR) is 183 cm³/mol. The van der Waals surface area contributed by atoms with Gasteiger partial charge in [0.1, 0.15) is 20.2 Å². The Balaban J connectivity index is 0.00000520. The van der Waals surface area contributed by atoms with Crippen LogP contribution in [0.3, 0.4) is 0 Å². The standard InChI is InChI=1S/C35H36N4O6S2.Li/c1-36-32-19-26(38-22-24-9-5-3-6-10-24)13-16-29(32)35(31-18-15-28(46(40,41)42)21-34(31)47(43,44)45)30-17-14-27(20-33(30)37-2)39-23-25-11-7-4-8-12-25;/h3-21,35-39H,22-23H2,1-2H3,(H,40,41,42)(H,43,44,45);/q;+1/p-2. The van der Waals surface area contributed by atoms with Crippen molar-refractivity contribution in [2.45, 2.75) is 28.8 Å². The van der Waals surface area contributed by atoms with Gasteiger partial charge in [0.2, 0.25) is 0 Å². The molecule has 48 heavy (non-hydrogen) atoms. The zero-order valence-electron chi connectivity index (χ0n) is 26.7. The Hall–Kier alpha value is -4.28. The fourth-order valence-corrected chi connectivity index (χ4v) is 6.81. The zero-order valence-corrected chi connectivity index (χ0v) is 28.4. The first kappa shape index (κ1) is 36.6. The van der Waals surface area contributed by atoms with Crippen molar-refractivity contribution in [2.75, 3.05) is 35.4 Å². The van der Waals surface area contributed by atoms with Crippen molar-refractivity contribution in [2.24, 2.45) is 0 Å². The molecule has 5 aromatic rings. The fourth-order valence-electron chi connectivity index (χ4n) is 5.50. The van der Waals surface area contributed by atoms with Gasteiger partial charge in [-0.25, -0.2) is 16.8 Å². The summed E-state index contributed by atoms with van der Waals surface area (Å²) in [6.45, 7) is 1.13. The van der Waals surface area contributed by atoms with Gasteiger partial charge in [-0.1, -0.05) is 78.9 Å². The molecule has 0 radical (unpaired) electrons. The first-order valence-electron chi connectivity index (χ1n) is 14.7. The molecule has 0 heterocycles. The summed E-state index contributed by atoms with van der Waals surface area (Å²) >= 11 is 0. The van der Waals surface area contributed by atoms with Gasteiger partial charge in [0.05, 0.1) is 9.79 Å². The van der Waals surface area contributed by atoms with Crippen molar-refractivity contribution in [3.63, 3.8) is 0 Å². The average molecular weight is 678 g/mol. The van der Waals surface area contributed by atoms with Crippen LogP contribution < -0.4 is 40.1 Å². The third kappa shape index (κ3) is 8.79. The molecule has 0 aliphatic rings. The molecule has 4 N–H and O–H groups in total. The maximum absolute atomic E-state index is 12.7. The quantitative estimate of drug-likeness (QED) is 0.0828. The SMILES string of the molecule is CNc1cc(NCc2ccccc2)ccc1C(c1ccc(NCc2ccccc2)cc1NC)c1ccc(S(=O)(=O)[O-])cc1S(=O)(=O)[O-].[Li+]. The molecule has 0 amide bonds. The molecule has 0 saturated carbocycles. The second kappa shape index (κ2) is 15.7. The second-order valence-electron chi connectivity index (χ2n) is 10.8. The minimum atomic E-state index is -5.23. The minimum Gasteiger partial charge on any atom is -0.744 e. The molecule has 0 aliphatic carbocycles. The molecule has 0 fully saturated rings. The zero-order chi connectivity index (χ0) is 33.6. The Kier molecular flexibility index (Phi) is 12.0. The van der Waals surface area contributed by atoms with Crippen molar-refractivity contribution in [1.82, 2.24) is 0 Å². The fraction of sp³-hybridized carbons (Fsp3) is 0.143. The normalized spacial score (nSPS) is 11.4. The maximum atomic E-state index is 12.7. The molecule has 10 nitrogen and oxygen atoms in total. The van der Waals surface area contributed by atoms with Gasteiger partial charge in [-0.15, -0.1) is 0 Å². The summed E-state index contributed by atoms with van der Waals surface area (Å²) in [5, 5.41) is 13.2. The van der Waals surface area contributed by atoms with Crippen LogP contribution in [0.4, 0.5) is 22.7 Å². The Morgan fingerprint density at radius 3 is 1.40 bits per heavy atom. The Labute approximate surface area is 293 Å². The molecule has 0 bridgehead atoms. The van der Waals surface area contributed by atoms with Crippen LogP contribution in [0.5, 0.6) is 0 Å². The number of hydrogen-bond acceptors (Lipinski definition) is 10. The van der Waals surface area contributed by atoms with Gasteiger partial charge in [0.25, 0.3) is 0 Å². The molecule has 244 valence electrons. The summed E-state index contributed by atoms with van der Waals surface area (Å²) in [6.07, 6.45) is 0. The smallest absolute Gasteiger partial charge is 0.744 e. The van der Waals surface area contributed by atoms with Gasteiger partial charge in [-0.3, -0.25) is 0 Å². The van der Waals surface area contributed by atoms with Gasteiger partial charge in [-0.2, -0.15) is 0 Å². The first-order chi connectivity index (χ1) is 22.5. The number of benzene rings is 5. The van der Waals surface area contributed by atoms with E-state index in [1.807, 2.05) is 97.1 Å². The summed E-state index contributed by atoms with van der Waals surface area (Å²) < 4.78 is 73.5. The van der Waals surface area contributed by atoms with Crippen LogP contribution in [0.1, 0.15) is 33.7 Å². The third-order valence-corrected chi connectivity index (χ3v) is 9.52. The van der Waals surface area contributed by atoms with E-state index < -0.39 is 35.9 Å². The van der Waals surface area contributed by atoms with E-state index in [0.29, 0.717) is 41.7 Å². The average Bonchev–Trinajstić information content (AvgIpc) is 3.07. The topological polar surface area (TPSA) is 163 Å². The van der Waals surface area contributed by atoms with E-state index in [2.05, 4.69) is 21.3 Å². The van der Waals surface area contributed by atoms with Gasteiger partial charge in [0.15, 0.2) is 0 Å². The van der Waals surface area contributed by atoms with E-state index in [0.717, 1.165) is 28.6 Å². The minimum absolute atomic E-state index is 0. The van der Waals surface area contributed by atoms with Crippen molar-refractivity contribution < 1.29 is 44.8 Å². The second-order valence-corrected chi connectivity index (χ2v) is 13.6. The number of nitrogens with one attached hydrogen (secondary N) is 4. The van der Waals surface area contributed by atoms with Crippen LogP contribution in [0.15, 0.2) is 125 Å². The molecule has 0 aliphatic heterocycles. The van der Waals surface area contributed by atoms with Crippen LogP contribution in [0.25, 0.3) is 0 Å². The summed E-state index contributed by atoms with van der Waals surface area (Å²) in [5.74, 6) is -0.881. The molecule has 13 heteroatoms. The number of rotatable bonds is 13. The molecule has 0 spiro atoms. The number of anilines is 4. The first-order valence-corrected chi connectivity index (χ1v) is 17.5. The van der Waals surface area contributed by atoms with E-state index in [9.17, 15) is 25.9 Å². The summed E-state index contributed by atoms with van der Waals surface area (Å²) in [7, 11) is -6.82. The predicted octanol–water partition coefficient (Wildman–Crippen LogP) is 2.99. The van der Waals surface area contributed by atoms with Crippen LogP contribution >= 0.6 is 0 Å². The van der Waals surface area contributed by atoms with Crippen LogP contribution in [0.2, 0.25) is 0 Å². The Bertz CT molecular complexity index is 1990. The van der Waals surface area contributed by atoms with E-state index in [4.69, 9.17) is 0 Å². The largest absolute Gasteiger partial charge is 1.00 e. The summed E-state index contributed by atoms with van der Waals surface area (Å²) in [5.41, 5.74) is 6.27. The van der Waals surface area contributed by atoms with Crippen molar-refractivity contribution in [1.29, 1.82) is 0 Å². The van der Waals surface area contributed by atoms with Gasteiger partial charge in [-0.05, 0) is 64.2 Å². The monoisotopic (exact) mass is 677 g/mol. The Morgan fingerprint density at radius 1 is 0.562 bits per heavy atom. The van der Waals surface area contributed by atoms with Crippen LogP contribution in [0, 0.1) is 0 Å². The summed E-state index contributed by atoms with van der Waals surface area (Å²) in [6, 6.07) is 33.7. The summed E-state index contributed by atoms with van der Waals surface area (Å²) in [4.78, 5) is -1.60. The van der Waals surface area contributed by atoms with Crippen molar-refractivity contribution in [3.05, 3.63) is 143 Å². The molecular weight excluding hydrogens is 643 g/mol. The number of hydrogen-bond donors (Lipinski definition) is 4. The van der Waals surface area contributed by atoms with E-state index in [1.54, 1.807) is 14.1 Å². The molecule has 5 rings (SSSR count). The van der Waals surface area contributed by atoms with Crippen LogP contribution in [-0.2, 0) is 33.3 Å². The van der Waals surface area contributed by atoms with Gasteiger partial charge >= 0.3 is 18.9 Å². The maximum Gasteiger partial charge on any atom is 1.00 e. The van der Waals surface area contributed by atoms with Gasteiger partial charge < -0.3 is 30.4 Å². The Morgan fingerprint density at radius 2 is 1.00 bits per heavy atom. The van der Waals surface area contributed by atoms with Gasteiger partial charge in [0, 0.05) is 55.9 Å². The van der Waals surface area contributed by atoms with Crippen molar-refractivity contribution >= 4 is 43.0 Å². The van der Waals surface area contributed by atoms with Crippen molar-refractivity contribution in [3.8, 4) is 0 Å². The van der Waals surface area contributed by atoms with Crippen LogP contribution in [-0.4, -0.2) is 40.0 Å².